The van der Waals surface area contributed by atoms with E-state index in [0.29, 0.717) is 18.8 Å². The minimum absolute atomic E-state index is 0.0116. The molecule has 2 aliphatic rings. The lowest BCUT2D eigenvalue weighted by atomic mass is 9.92. The molecule has 0 radical (unpaired) electrons. The molecule has 1 aliphatic heterocycles. The van der Waals surface area contributed by atoms with Gasteiger partial charge in [0.15, 0.2) is 0 Å². The standard InChI is InChI=1S/C28H35F3N2O4/c1-19-3-4-21(17-26(19)28(29,30)31)32-20-5-7-23(8-6-20)36-18-27(34)33-15-13-25(14-16-33)37-24-11-9-22(35-2)10-12-24/h3-4,9-12,17,20,23,25,32H,5-8,13-16,18H2,1-2H3. The van der Waals surface area contributed by atoms with Crippen LogP contribution < -0.4 is 14.8 Å². The Bertz CT molecular complexity index is 1030. The SMILES string of the molecule is COc1ccc(OC2CCN(C(=O)COC3CCC(Nc4ccc(C)c(C(F)(F)F)c4)CC3)CC2)cc1. The Morgan fingerprint density at radius 1 is 0.946 bits per heavy atom. The van der Waals surface area contributed by atoms with Crippen LogP contribution in [0.4, 0.5) is 18.9 Å². The van der Waals surface area contributed by atoms with Crippen molar-refractivity contribution in [1.82, 2.24) is 4.90 Å². The third-order valence-electron chi connectivity index (χ3n) is 7.19. The van der Waals surface area contributed by atoms with Gasteiger partial charge in [0.25, 0.3) is 0 Å². The van der Waals surface area contributed by atoms with E-state index >= 15 is 0 Å². The lowest BCUT2D eigenvalue weighted by molar-refractivity contribution is -0.140. The number of carbonyl (C=O) groups is 1. The number of carbonyl (C=O) groups excluding carboxylic acids is 1. The van der Waals surface area contributed by atoms with Crippen molar-refractivity contribution < 1.29 is 32.2 Å². The molecule has 4 rings (SSSR count). The van der Waals surface area contributed by atoms with Crippen LogP contribution in [-0.2, 0) is 15.7 Å². The van der Waals surface area contributed by atoms with Gasteiger partial charge in [-0.2, -0.15) is 13.2 Å². The highest BCUT2D eigenvalue weighted by Crippen LogP contribution is 2.34. The summed E-state index contributed by atoms with van der Waals surface area (Å²) in [5.41, 5.74) is 0.0926. The molecule has 1 saturated carbocycles. The van der Waals surface area contributed by atoms with E-state index in [9.17, 15) is 18.0 Å². The maximum atomic E-state index is 13.2. The average molecular weight is 521 g/mol. The normalized spacial score (nSPS) is 20.9. The number of amides is 1. The lowest BCUT2D eigenvalue weighted by Gasteiger charge is -2.33. The molecule has 2 aromatic rings. The molecule has 0 spiro atoms. The number of anilines is 1. The van der Waals surface area contributed by atoms with E-state index < -0.39 is 11.7 Å². The predicted octanol–water partition coefficient (Wildman–Crippen LogP) is 5.83. The first-order valence-corrected chi connectivity index (χ1v) is 12.9. The van der Waals surface area contributed by atoms with E-state index in [0.717, 1.165) is 50.0 Å². The molecule has 0 atom stereocenters. The van der Waals surface area contributed by atoms with Crippen LogP contribution >= 0.6 is 0 Å². The molecule has 202 valence electrons. The minimum atomic E-state index is -4.36. The van der Waals surface area contributed by atoms with Gasteiger partial charge in [0.05, 0.1) is 18.8 Å². The number of methoxy groups -OCH3 is 1. The third-order valence-corrected chi connectivity index (χ3v) is 7.19. The van der Waals surface area contributed by atoms with E-state index in [1.165, 1.54) is 19.1 Å². The van der Waals surface area contributed by atoms with Gasteiger partial charge in [0.2, 0.25) is 5.91 Å². The summed E-state index contributed by atoms with van der Waals surface area (Å²) in [6.07, 6.45) is 0.320. The van der Waals surface area contributed by atoms with Gasteiger partial charge in [-0.25, -0.2) is 0 Å². The number of alkyl halides is 3. The second-order valence-corrected chi connectivity index (χ2v) is 9.83. The topological polar surface area (TPSA) is 60.0 Å². The van der Waals surface area contributed by atoms with Gasteiger partial charge in [-0.15, -0.1) is 0 Å². The fourth-order valence-electron chi connectivity index (χ4n) is 4.98. The van der Waals surface area contributed by atoms with Crippen LogP contribution in [0.25, 0.3) is 0 Å². The Hall–Kier alpha value is -2.94. The summed E-state index contributed by atoms with van der Waals surface area (Å²) >= 11 is 0. The Labute approximate surface area is 216 Å². The summed E-state index contributed by atoms with van der Waals surface area (Å²) in [4.78, 5) is 14.5. The molecule has 0 unspecified atom stereocenters. The van der Waals surface area contributed by atoms with Gasteiger partial charge in [-0.3, -0.25) is 4.79 Å². The Morgan fingerprint density at radius 2 is 1.59 bits per heavy atom. The number of hydrogen-bond acceptors (Lipinski definition) is 5. The maximum Gasteiger partial charge on any atom is 0.416 e. The van der Waals surface area contributed by atoms with Gasteiger partial charge in [-0.05, 0) is 74.6 Å². The first-order valence-electron chi connectivity index (χ1n) is 12.9. The molecule has 0 bridgehead atoms. The van der Waals surface area contributed by atoms with E-state index in [2.05, 4.69) is 5.32 Å². The molecule has 2 fully saturated rings. The highest BCUT2D eigenvalue weighted by atomic mass is 19.4. The Morgan fingerprint density at radius 3 is 2.22 bits per heavy atom. The summed E-state index contributed by atoms with van der Waals surface area (Å²) in [6.45, 7) is 2.79. The number of hydrogen-bond donors (Lipinski definition) is 1. The molecule has 1 aliphatic carbocycles. The van der Waals surface area contributed by atoms with Gasteiger partial charge in [-0.1, -0.05) is 6.07 Å². The van der Waals surface area contributed by atoms with E-state index in [1.54, 1.807) is 13.2 Å². The zero-order chi connectivity index (χ0) is 26.4. The van der Waals surface area contributed by atoms with Crippen molar-refractivity contribution in [2.75, 3.05) is 32.1 Å². The Balaban J connectivity index is 1.15. The summed E-state index contributed by atoms with van der Waals surface area (Å²) in [5.74, 6) is 1.56. The fraction of sp³-hybridized carbons (Fsp3) is 0.536. The van der Waals surface area contributed by atoms with Crippen LogP contribution in [0.5, 0.6) is 11.5 Å². The largest absolute Gasteiger partial charge is 0.497 e. The molecule has 9 heteroatoms. The van der Waals surface area contributed by atoms with Crippen molar-refractivity contribution >= 4 is 11.6 Å². The third kappa shape index (κ3) is 7.53. The number of rotatable bonds is 8. The first kappa shape index (κ1) is 27.1. The number of nitrogens with zero attached hydrogens (tertiary/aromatic N) is 1. The second-order valence-electron chi connectivity index (χ2n) is 9.83. The second kappa shape index (κ2) is 12.1. The van der Waals surface area contributed by atoms with Gasteiger partial charge in [0.1, 0.15) is 24.2 Å². The molecule has 6 nitrogen and oxygen atoms in total. The number of nitrogens with one attached hydrogen (secondary N) is 1. The predicted molar refractivity (Wildman–Crippen MR) is 135 cm³/mol. The van der Waals surface area contributed by atoms with Crippen LogP contribution in [-0.4, -0.2) is 55.9 Å². The monoisotopic (exact) mass is 520 g/mol. The number of likely N-dealkylation sites (tertiary alicyclic amines) is 1. The van der Waals surface area contributed by atoms with Crippen molar-refractivity contribution in [2.45, 2.75) is 69.9 Å². The summed E-state index contributed by atoms with van der Waals surface area (Å²) < 4.78 is 56.7. The fourth-order valence-corrected chi connectivity index (χ4v) is 4.98. The van der Waals surface area contributed by atoms with E-state index in [1.807, 2.05) is 29.2 Å². The molecule has 1 heterocycles. The maximum absolute atomic E-state index is 13.2. The smallest absolute Gasteiger partial charge is 0.416 e. The van der Waals surface area contributed by atoms with Crippen LogP contribution in [0.1, 0.15) is 49.7 Å². The summed E-state index contributed by atoms with van der Waals surface area (Å²) in [6, 6.07) is 12.0. The molecule has 2 aromatic carbocycles. The van der Waals surface area contributed by atoms with Crippen LogP contribution in [0.3, 0.4) is 0 Å². The molecule has 1 amide bonds. The average Bonchev–Trinajstić information content (AvgIpc) is 2.89. The highest BCUT2D eigenvalue weighted by molar-refractivity contribution is 5.77. The number of ether oxygens (including phenoxy) is 3. The van der Waals surface area contributed by atoms with Gasteiger partial charge < -0.3 is 24.4 Å². The first-order chi connectivity index (χ1) is 17.7. The van der Waals surface area contributed by atoms with Crippen molar-refractivity contribution in [1.29, 1.82) is 0 Å². The zero-order valence-corrected chi connectivity index (χ0v) is 21.4. The molecular weight excluding hydrogens is 485 g/mol. The number of benzene rings is 2. The van der Waals surface area contributed by atoms with Crippen LogP contribution in [0.2, 0.25) is 0 Å². The molecule has 37 heavy (non-hydrogen) atoms. The van der Waals surface area contributed by atoms with Crippen LogP contribution in [0.15, 0.2) is 42.5 Å². The van der Waals surface area contributed by atoms with E-state index in [4.69, 9.17) is 14.2 Å². The summed E-state index contributed by atoms with van der Waals surface area (Å²) in [5, 5.41) is 3.24. The highest BCUT2D eigenvalue weighted by Gasteiger charge is 2.33. The van der Waals surface area contributed by atoms with E-state index in [-0.39, 0.29) is 36.3 Å². The van der Waals surface area contributed by atoms with Gasteiger partial charge in [0, 0.05) is 37.7 Å². The van der Waals surface area contributed by atoms with Crippen molar-refractivity contribution in [2.24, 2.45) is 0 Å². The number of aryl methyl sites for hydroxylation is 1. The van der Waals surface area contributed by atoms with Crippen molar-refractivity contribution in [3.63, 3.8) is 0 Å². The number of piperidine rings is 1. The number of halogens is 3. The Kier molecular flexibility index (Phi) is 8.84. The molecule has 0 aromatic heterocycles. The summed E-state index contributed by atoms with van der Waals surface area (Å²) in [7, 11) is 1.62. The zero-order valence-electron chi connectivity index (χ0n) is 21.4. The molecular formula is C28H35F3N2O4. The van der Waals surface area contributed by atoms with Crippen molar-refractivity contribution in [3.8, 4) is 11.5 Å². The van der Waals surface area contributed by atoms with Gasteiger partial charge >= 0.3 is 6.18 Å². The molecule has 1 saturated heterocycles. The minimum Gasteiger partial charge on any atom is -0.497 e. The quantitative estimate of drug-likeness (QED) is 0.475. The molecule has 1 N–H and O–H groups in total. The lowest BCUT2D eigenvalue weighted by Crippen LogP contribution is -2.44. The van der Waals surface area contributed by atoms with Crippen LogP contribution in [0, 0.1) is 6.92 Å². The van der Waals surface area contributed by atoms with Crippen molar-refractivity contribution in [3.05, 3.63) is 53.6 Å².